The van der Waals surface area contributed by atoms with Crippen LogP contribution in [0.25, 0.3) is 11.0 Å². The van der Waals surface area contributed by atoms with Crippen molar-refractivity contribution in [3.8, 4) is 0 Å². The number of aliphatic hydroxyl groups is 1. The summed E-state index contributed by atoms with van der Waals surface area (Å²) in [7, 11) is 0. The number of amides is 2. The third kappa shape index (κ3) is 4.83. The van der Waals surface area contributed by atoms with E-state index in [1.165, 1.54) is 0 Å². The molecular formula is C28H36BrN5O6. The zero-order chi connectivity index (χ0) is 28.4. The minimum atomic E-state index is -1.15. The van der Waals surface area contributed by atoms with Crippen LogP contribution in [0.5, 0.6) is 0 Å². The van der Waals surface area contributed by atoms with Gasteiger partial charge in [-0.1, -0.05) is 52.2 Å². The number of rotatable bonds is 13. The van der Waals surface area contributed by atoms with Crippen LogP contribution in [0.4, 0.5) is 0 Å². The van der Waals surface area contributed by atoms with Crippen molar-refractivity contribution >= 4 is 44.7 Å². The molecular weight excluding hydrogens is 582 g/mol. The second-order valence-electron chi connectivity index (χ2n) is 10.7. The molecule has 4 heterocycles. The van der Waals surface area contributed by atoms with Crippen LogP contribution in [0.3, 0.4) is 0 Å². The zero-order valence-electron chi connectivity index (χ0n) is 22.7. The lowest BCUT2D eigenvalue weighted by Crippen LogP contribution is -2.57. The number of aromatic nitrogens is 3. The maximum Gasteiger partial charge on any atom is 0.312 e. The van der Waals surface area contributed by atoms with Gasteiger partial charge in [0.05, 0.1) is 30.1 Å². The van der Waals surface area contributed by atoms with Gasteiger partial charge in [-0.25, -0.2) is 4.68 Å². The lowest BCUT2D eigenvalue weighted by molar-refractivity contribution is -0.155. The maximum atomic E-state index is 14.5. The number of ether oxygens (including phenoxy) is 2. The van der Waals surface area contributed by atoms with E-state index in [9.17, 15) is 14.4 Å². The van der Waals surface area contributed by atoms with Gasteiger partial charge in [0.25, 0.3) is 0 Å². The molecule has 40 heavy (non-hydrogen) atoms. The molecule has 1 aromatic carbocycles. The van der Waals surface area contributed by atoms with E-state index in [-0.39, 0.29) is 43.1 Å². The molecule has 3 aliphatic heterocycles. The molecule has 0 radical (unpaired) electrons. The smallest absolute Gasteiger partial charge is 0.312 e. The largest absolute Gasteiger partial charge is 0.466 e. The van der Waals surface area contributed by atoms with E-state index in [2.05, 4.69) is 32.8 Å². The second-order valence-corrected chi connectivity index (χ2v) is 11.8. The third-order valence-electron chi connectivity index (χ3n) is 8.28. The van der Waals surface area contributed by atoms with Crippen molar-refractivity contribution in [3.63, 3.8) is 0 Å². The first kappa shape index (κ1) is 28.7. The number of fused-ring (bicyclic) bond motifs is 2. The number of aliphatic hydroxyl groups excluding tert-OH is 1. The van der Waals surface area contributed by atoms with Gasteiger partial charge in [0, 0.05) is 24.5 Å². The summed E-state index contributed by atoms with van der Waals surface area (Å²) in [5.41, 5.74) is 0.341. The summed E-state index contributed by atoms with van der Waals surface area (Å²) in [4.78, 5) is 44.7. The average molecular weight is 619 g/mol. The molecule has 11 nitrogen and oxygen atoms in total. The number of carbonyl (C=O) groups excluding carboxylic acids is 3. The van der Waals surface area contributed by atoms with Gasteiger partial charge in [-0.2, -0.15) is 0 Å². The highest BCUT2D eigenvalue weighted by Crippen LogP contribution is 2.60. The highest BCUT2D eigenvalue weighted by molar-refractivity contribution is 9.09. The van der Waals surface area contributed by atoms with Crippen LogP contribution in [0.2, 0.25) is 0 Å². The normalized spacial score (nSPS) is 28.7. The molecule has 2 aromatic rings. The molecule has 3 unspecified atom stereocenters. The van der Waals surface area contributed by atoms with Gasteiger partial charge in [0.15, 0.2) is 0 Å². The third-order valence-corrected chi connectivity index (χ3v) is 9.12. The molecule has 1 aromatic heterocycles. The number of hydrogen-bond donors (Lipinski definition) is 1. The summed E-state index contributed by atoms with van der Waals surface area (Å²) < 4.78 is 13.6. The highest BCUT2D eigenvalue weighted by Gasteiger charge is 2.77. The average Bonchev–Trinajstić information content (AvgIpc) is 3.66. The molecule has 3 saturated heterocycles. The fourth-order valence-electron chi connectivity index (χ4n) is 6.63. The molecule has 2 bridgehead atoms. The van der Waals surface area contributed by atoms with E-state index in [1.807, 2.05) is 24.3 Å². The van der Waals surface area contributed by atoms with E-state index < -0.39 is 35.6 Å². The van der Waals surface area contributed by atoms with E-state index in [0.717, 1.165) is 18.4 Å². The number of unbranched alkanes of at least 4 members (excludes halogenated alkanes) is 3. The van der Waals surface area contributed by atoms with Crippen LogP contribution in [-0.2, 0) is 30.5 Å². The SMILES string of the molecule is C=CCN(Cn1nnc2ccccc21)C(=O)C1N(CCCCCCO)C(=O)[C@@H]2[C@@H](C(=O)OCC)[C@@H]3OC12CC3Br. The monoisotopic (exact) mass is 617 g/mol. The Hall–Kier alpha value is -2.83. The van der Waals surface area contributed by atoms with E-state index in [1.54, 1.807) is 27.5 Å². The van der Waals surface area contributed by atoms with Gasteiger partial charge in [-0.3, -0.25) is 14.4 Å². The van der Waals surface area contributed by atoms with Crippen molar-refractivity contribution in [3.05, 3.63) is 36.9 Å². The number of carbonyl (C=O) groups is 3. The molecule has 6 atom stereocenters. The number of para-hydroxylation sites is 1. The van der Waals surface area contributed by atoms with Crippen molar-refractivity contribution in [2.24, 2.45) is 11.8 Å². The molecule has 1 spiro atoms. The van der Waals surface area contributed by atoms with Gasteiger partial charge in [-0.05, 0) is 38.3 Å². The Bertz CT molecular complexity index is 1270. The summed E-state index contributed by atoms with van der Waals surface area (Å²) >= 11 is 3.68. The number of hydrogen-bond acceptors (Lipinski definition) is 8. The van der Waals surface area contributed by atoms with E-state index in [4.69, 9.17) is 14.6 Å². The van der Waals surface area contributed by atoms with Gasteiger partial charge in [-0.15, -0.1) is 11.7 Å². The predicted octanol–water partition coefficient (Wildman–Crippen LogP) is 2.27. The lowest BCUT2D eigenvalue weighted by Gasteiger charge is -2.37. The summed E-state index contributed by atoms with van der Waals surface area (Å²) in [5.74, 6) is -2.58. The van der Waals surface area contributed by atoms with Crippen molar-refractivity contribution < 1.29 is 29.0 Å². The number of esters is 1. The fraction of sp³-hybridized carbons (Fsp3) is 0.607. The van der Waals surface area contributed by atoms with Gasteiger partial charge >= 0.3 is 5.97 Å². The summed E-state index contributed by atoms with van der Waals surface area (Å²) in [6.45, 7) is 6.59. The predicted molar refractivity (Wildman–Crippen MR) is 149 cm³/mol. The number of alkyl halides is 1. The topological polar surface area (TPSA) is 127 Å². The molecule has 0 saturated carbocycles. The van der Waals surface area contributed by atoms with Crippen LogP contribution in [0, 0.1) is 11.8 Å². The number of likely N-dealkylation sites (tertiary alicyclic amines) is 1. The van der Waals surface area contributed by atoms with Crippen LogP contribution in [0.1, 0.15) is 39.0 Å². The minimum absolute atomic E-state index is 0.115. The van der Waals surface area contributed by atoms with Crippen LogP contribution < -0.4 is 0 Å². The van der Waals surface area contributed by atoms with E-state index in [0.29, 0.717) is 31.3 Å². The molecule has 3 fully saturated rings. The molecule has 0 aliphatic carbocycles. The van der Waals surface area contributed by atoms with Gasteiger partial charge < -0.3 is 24.4 Å². The molecule has 3 aliphatic rings. The van der Waals surface area contributed by atoms with Crippen LogP contribution >= 0.6 is 15.9 Å². The highest BCUT2D eigenvalue weighted by atomic mass is 79.9. The minimum Gasteiger partial charge on any atom is -0.466 e. The van der Waals surface area contributed by atoms with Crippen molar-refractivity contribution in [2.75, 3.05) is 26.3 Å². The first-order valence-corrected chi connectivity index (χ1v) is 14.9. The van der Waals surface area contributed by atoms with Crippen molar-refractivity contribution in [1.82, 2.24) is 24.8 Å². The molecule has 5 rings (SSSR count). The second kappa shape index (κ2) is 12.0. The van der Waals surface area contributed by atoms with Crippen LogP contribution in [-0.4, -0.2) is 96.6 Å². The summed E-state index contributed by atoms with van der Waals surface area (Å²) in [6.07, 6.45) is 4.49. The number of halogens is 1. The number of benzene rings is 1. The Balaban J connectivity index is 1.49. The first-order valence-electron chi connectivity index (χ1n) is 14.0. The molecule has 1 N–H and O–H groups in total. The first-order chi connectivity index (χ1) is 19.4. The Kier molecular flexibility index (Phi) is 8.58. The van der Waals surface area contributed by atoms with Crippen LogP contribution in [0.15, 0.2) is 36.9 Å². The summed E-state index contributed by atoms with van der Waals surface area (Å²) in [6, 6.07) is 6.59. The number of nitrogens with zero attached hydrogens (tertiary/aromatic N) is 5. The van der Waals surface area contributed by atoms with Gasteiger partial charge in [0.1, 0.15) is 23.8 Å². The quantitative estimate of drug-likeness (QED) is 0.157. The fourth-order valence-corrected chi connectivity index (χ4v) is 7.58. The Labute approximate surface area is 241 Å². The van der Waals surface area contributed by atoms with E-state index >= 15 is 0 Å². The summed E-state index contributed by atoms with van der Waals surface area (Å²) in [5, 5.41) is 17.6. The standard InChI is InChI=1S/C28H36BrN5O6/c1-3-13-32(17-34-20-12-8-7-11-19(20)30-31-34)26(37)24-28-16-18(29)23(40-28)21(27(38)39-4-2)22(28)25(36)33(24)14-9-5-6-10-15-35/h3,7-8,11-12,18,21-24,35H,1,4-6,9-10,13-17H2,2H3/t18?,21-,22+,23-,24?,28?/m1/s1. The van der Waals surface area contributed by atoms with Gasteiger partial charge in [0.2, 0.25) is 11.8 Å². The lowest BCUT2D eigenvalue weighted by atomic mass is 9.70. The Morgan fingerprint density at radius 2 is 2.08 bits per heavy atom. The Morgan fingerprint density at radius 1 is 1.30 bits per heavy atom. The van der Waals surface area contributed by atoms with Crippen molar-refractivity contribution in [2.45, 2.75) is 68.3 Å². The van der Waals surface area contributed by atoms with Crippen molar-refractivity contribution in [1.29, 1.82) is 0 Å². The zero-order valence-corrected chi connectivity index (χ0v) is 24.2. The molecule has 216 valence electrons. The molecule has 12 heteroatoms. The maximum absolute atomic E-state index is 14.5. The Morgan fingerprint density at radius 3 is 2.83 bits per heavy atom. The molecule has 2 amide bonds.